The molecule has 0 unspecified atom stereocenters. The lowest BCUT2D eigenvalue weighted by molar-refractivity contribution is -0.142. The van der Waals surface area contributed by atoms with Gasteiger partial charge in [-0.1, -0.05) is 104 Å². The van der Waals surface area contributed by atoms with Crippen LogP contribution in [0, 0.1) is 36.0 Å². The van der Waals surface area contributed by atoms with Crippen LogP contribution in [0.4, 0.5) is 22.0 Å². The minimum atomic E-state index is -2.67. The fourth-order valence-corrected chi connectivity index (χ4v) is 11.2. The summed E-state index contributed by atoms with van der Waals surface area (Å²) >= 11 is 0. The fraction of sp³-hybridized carbons (Fsp3) is 0.370. The Bertz CT molecular complexity index is 4300. The number of nitrogens with two attached hydrogens (primary N) is 2. The number of hydrogen-bond donors (Lipinski definition) is 18. The van der Waals surface area contributed by atoms with E-state index >= 15 is 8.78 Å². The Morgan fingerprint density at radius 1 is 0.500 bits per heavy atom. The van der Waals surface area contributed by atoms with Crippen molar-refractivity contribution in [1.82, 2.24) is 63.1 Å². The van der Waals surface area contributed by atoms with Crippen molar-refractivity contribution >= 4 is 76.9 Å². The fourth-order valence-electron chi connectivity index (χ4n) is 11.2. The SMILES string of the molecule is CCc1ccccc1-c1ccc(C[C@H](NC(=O)[C@H](CC(=O)O)NC(=O)[C@H](CO)NC(=O)[C@@H](NC(=O)[C@H](Cc2c(F)c(F)c(F)c(F)c2F)NC(=O)[C@@H](NC(=O)CNC(=O)[C@H](CCC(=O)O)NC(=O)[C@H](C)NC(=O)[C@@H](N)Cc2cnc[nH]2)[C@@H](C)O)[C@@H](C)O)C(=O)N[C@@H](Cc2ccc(-c3ccccc3C)cc2)C(N)=O)cc1. The standard InChI is InChI=1S/C73H85F5N14O18/c1-6-40-12-8-10-14-45(40)42-21-17-39(18-22-42)26-50(68(105)86-49(64(80)101)25-38-15-19-41(20-16-38)44-13-9-7-11-34(44)2)87-69(106)52(29-56(99)100)88-71(108)53(32-93)90-73(110)63(37(5)95)92-70(107)51(28-46-57(74)59(76)61(78)60(77)58(46)75)89-72(109)62(36(4)94)91-54(96)31-82-67(104)48(23-24-55(97)98)85-65(102)35(3)84-66(103)47(79)27-43-30-81-33-83-43/h7-22,30,33,35-37,47-53,62-63,93-95H,6,23-29,31-32,79H2,1-5H3,(H2,80,101)(H,81,83)(H,82,104)(H,84,103)(H,85,102)(H,86,105)(H,87,106)(H,88,108)(H,89,109)(H,90,110)(H,91,96)(H,92,107)(H,97,98)(H,99,100)/t35-,36+,37+,47-,48-,49-,50-,51-,52-,53-,62-,63-/m0/s1. The smallest absolute Gasteiger partial charge is 0.305 e. The number of aliphatic hydroxyl groups excluding tert-OH is 3. The van der Waals surface area contributed by atoms with Gasteiger partial charge in [0.05, 0.1) is 44.1 Å². The molecule has 20 N–H and O–H groups in total. The van der Waals surface area contributed by atoms with Crippen molar-refractivity contribution in [2.45, 2.75) is 159 Å². The van der Waals surface area contributed by atoms with Gasteiger partial charge >= 0.3 is 11.9 Å². The number of aliphatic carboxylic acids is 2. The van der Waals surface area contributed by atoms with Crippen LogP contribution < -0.4 is 64.6 Å². The predicted octanol–water partition coefficient (Wildman–Crippen LogP) is -1.01. The van der Waals surface area contributed by atoms with Crippen LogP contribution in [-0.2, 0) is 94.4 Å². The molecule has 0 aliphatic carbocycles. The summed E-state index contributed by atoms with van der Waals surface area (Å²) < 4.78 is 74.4. The van der Waals surface area contributed by atoms with Crippen LogP contribution in [-0.4, -0.2) is 198 Å². The summed E-state index contributed by atoms with van der Waals surface area (Å²) in [5, 5.41) is 72.7. The summed E-state index contributed by atoms with van der Waals surface area (Å²) in [7, 11) is 0. The monoisotopic (exact) mass is 1540 g/mol. The number of rotatable bonds is 40. The number of aliphatic hydroxyl groups is 3. The second-order valence-electron chi connectivity index (χ2n) is 25.7. The Kier molecular flexibility index (Phi) is 32.2. The molecule has 110 heavy (non-hydrogen) atoms. The van der Waals surface area contributed by atoms with Gasteiger partial charge in [-0.3, -0.25) is 62.3 Å². The number of aromatic amines is 1. The molecule has 5 aromatic carbocycles. The molecule has 0 saturated carbocycles. The number of carbonyl (C=O) groups excluding carboxylic acids is 11. The number of hydrogen-bond acceptors (Lipinski definition) is 18. The van der Waals surface area contributed by atoms with Gasteiger partial charge in [-0.15, -0.1) is 0 Å². The molecule has 6 aromatic rings. The van der Waals surface area contributed by atoms with E-state index in [4.69, 9.17) is 11.5 Å². The Labute approximate surface area is 625 Å². The van der Waals surface area contributed by atoms with Crippen LogP contribution in [0.5, 0.6) is 0 Å². The third-order valence-corrected chi connectivity index (χ3v) is 17.3. The minimum absolute atomic E-state index is 0.0295. The quantitative estimate of drug-likeness (QED) is 0.0124. The number of carbonyl (C=O) groups is 13. The van der Waals surface area contributed by atoms with Gasteiger partial charge in [0.25, 0.3) is 0 Å². The lowest BCUT2D eigenvalue weighted by atomic mass is 9.95. The van der Waals surface area contributed by atoms with E-state index in [0.29, 0.717) is 23.2 Å². The number of benzene rings is 5. The van der Waals surface area contributed by atoms with Crippen LogP contribution >= 0.6 is 0 Å². The molecule has 32 nitrogen and oxygen atoms in total. The highest BCUT2D eigenvalue weighted by molar-refractivity contribution is 6.00. The van der Waals surface area contributed by atoms with Gasteiger partial charge in [-0.05, 0) is 85.0 Å². The Morgan fingerprint density at radius 3 is 1.51 bits per heavy atom. The highest BCUT2D eigenvalue weighted by Crippen LogP contribution is 2.28. The molecular weight excluding hydrogens is 1460 g/mol. The van der Waals surface area contributed by atoms with Gasteiger partial charge in [0.1, 0.15) is 54.4 Å². The van der Waals surface area contributed by atoms with Crippen LogP contribution in [0.1, 0.15) is 80.5 Å². The molecule has 590 valence electrons. The van der Waals surface area contributed by atoms with Gasteiger partial charge in [-0.2, -0.15) is 0 Å². The van der Waals surface area contributed by atoms with Gasteiger partial charge in [0.15, 0.2) is 23.3 Å². The first-order valence-electron chi connectivity index (χ1n) is 34.3. The van der Waals surface area contributed by atoms with E-state index in [9.17, 15) is 101 Å². The molecule has 0 radical (unpaired) electrons. The van der Waals surface area contributed by atoms with Gasteiger partial charge in [-0.25, -0.2) is 26.9 Å². The Balaban J connectivity index is 1.19. The van der Waals surface area contributed by atoms with Crippen LogP contribution in [0.3, 0.4) is 0 Å². The van der Waals surface area contributed by atoms with Crippen molar-refractivity contribution in [3.05, 3.63) is 172 Å². The molecule has 37 heteroatoms. The molecule has 1 heterocycles. The topological polar surface area (TPSA) is 524 Å². The van der Waals surface area contributed by atoms with E-state index in [0.717, 1.165) is 47.2 Å². The number of H-pyrrole nitrogens is 1. The summed E-state index contributed by atoms with van der Waals surface area (Å²) in [6.07, 6.45) is -5.64. The highest BCUT2D eigenvalue weighted by atomic mass is 19.2. The summed E-state index contributed by atoms with van der Waals surface area (Å²) in [4.78, 5) is 181. The Morgan fingerprint density at radius 2 is 0.973 bits per heavy atom. The number of nitrogens with zero attached hydrogens (tertiary/aromatic N) is 1. The maximum Gasteiger partial charge on any atom is 0.305 e. The molecule has 0 aliphatic rings. The molecule has 0 spiro atoms. The second-order valence-corrected chi connectivity index (χ2v) is 25.7. The first kappa shape index (κ1) is 86.8. The molecule has 0 aliphatic heterocycles. The van der Waals surface area contributed by atoms with Crippen LogP contribution in [0.15, 0.2) is 110 Å². The van der Waals surface area contributed by atoms with E-state index in [1.807, 2.05) is 83.6 Å². The third-order valence-electron chi connectivity index (χ3n) is 17.3. The van der Waals surface area contributed by atoms with Gasteiger partial charge < -0.3 is 95.2 Å². The van der Waals surface area contributed by atoms with Crippen molar-refractivity contribution in [3.63, 3.8) is 0 Å². The van der Waals surface area contributed by atoms with Gasteiger partial charge in [0, 0.05) is 49.6 Å². The largest absolute Gasteiger partial charge is 0.481 e. The molecule has 0 fully saturated rings. The molecule has 0 saturated heterocycles. The van der Waals surface area contributed by atoms with Crippen LogP contribution in [0.2, 0.25) is 0 Å². The Hall–Kier alpha value is -12.1. The predicted molar refractivity (Wildman–Crippen MR) is 380 cm³/mol. The molecular formula is C73H85F5N14O18. The second kappa shape index (κ2) is 40.7. The average Bonchev–Trinajstić information content (AvgIpc) is 0.850. The van der Waals surface area contributed by atoms with Crippen molar-refractivity contribution < 1.29 is 110 Å². The average molecular weight is 1540 g/mol. The number of nitrogens with one attached hydrogen (secondary N) is 11. The molecule has 0 bridgehead atoms. The van der Waals surface area contributed by atoms with E-state index in [1.165, 1.54) is 19.4 Å². The molecule has 1 aromatic heterocycles. The maximum absolute atomic E-state index is 15.4. The van der Waals surface area contributed by atoms with Crippen LogP contribution in [0.25, 0.3) is 22.3 Å². The normalized spacial score (nSPS) is 14.4. The molecule has 11 amide bonds. The lowest BCUT2D eigenvalue weighted by Gasteiger charge is -2.28. The minimum Gasteiger partial charge on any atom is -0.481 e. The number of carboxylic acids is 2. The third kappa shape index (κ3) is 24.7. The first-order valence-corrected chi connectivity index (χ1v) is 34.3. The van der Waals surface area contributed by atoms with Crippen molar-refractivity contribution in [1.29, 1.82) is 0 Å². The summed E-state index contributed by atoms with van der Waals surface area (Å²) in [5.41, 5.74) is 16.9. The molecule has 6 rings (SSSR count). The number of primary amides is 1. The van der Waals surface area contributed by atoms with E-state index in [2.05, 4.69) is 41.9 Å². The number of halogens is 5. The highest BCUT2D eigenvalue weighted by Gasteiger charge is 2.39. The maximum atomic E-state index is 15.4. The van der Waals surface area contributed by atoms with Crippen molar-refractivity contribution in [2.24, 2.45) is 11.5 Å². The number of imidazole rings is 1. The summed E-state index contributed by atoms with van der Waals surface area (Å²) in [6.45, 7) is 4.18. The zero-order chi connectivity index (χ0) is 81.4. The zero-order valence-electron chi connectivity index (χ0n) is 59.9. The lowest BCUT2D eigenvalue weighted by Crippen LogP contribution is -2.63. The van der Waals surface area contributed by atoms with Crippen molar-refractivity contribution in [2.75, 3.05) is 13.2 Å². The van der Waals surface area contributed by atoms with Crippen molar-refractivity contribution in [3.8, 4) is 22.3 Å². The number of amides is 11. The van der Waals surface area contributed by atoms with E-state index in [-0.39, 0.29) is 19.3 Å². The zero-order valence-corrected chi connectivity index (χ0v) is 59.9. The number of aromatic nitrogens is 2. The number of aryl methyl sites for hydroxylation is 2. The summed E-state index contributed by atoms with van der Waals surface area (Å²) in [6, 6.07) is 9.77. The first-order chi connectivity index (χ1) is 52.0. The molecule has 12 atom stereocenters. The van der Waals surface area contributed by atoms with Gasteiger partial charge in [0.2, 0.25) is 70.8 Å². The van der Waals surface area contributed by atoms with E-state index < -0.39 is 223 Å². The number of carboxylic acid groups (broad SMARTS) is 2. The summed E-state index contributed by atoms with van der Waals surface area (Å²) in [5.74, 6) is -30.6. The van der Waals surface area contributed by atoms with E-state index in [1.54, 1.807) is 48.5 Å².